The van der Waals surface area contributed by atoms with Crippen molar-refractivity contribution < 1.29 is 17.8 Å². The number of benzene rings is 7. The molecule has 0 spiro atoms. The Hall–Kier alpha value is -6.85. The molecule has 0 aliphatic carbocycles. The van der Waals surface area contributed by atoms with Crippen LogP contribution in [0.25, 0.3) is 99.8 Å². The first-order valence-corrected chi connectivity index (χ1v) is 15.8. The van der Waals surface area contributed by atoms with Crippen molar-refractivity contribution in [2.24, 2.45) is 0 Å². The lowest BCUT2D eigenvalue weighted by Gasteiger charge is -2.12. The Kier molecular flexibility index (Phi) is 3.62. The molecule has 5 heteroatoms. The summed E-state index contributed by atoms with van der Waals surface area (Å²) in [4.78, 5) is 14.5. The number of aromatic nitrogens is 5. The van der Waals surface area contributed by atoms with Gasteiger partial charge in [0.15, 0.2) is 17.5 Å². The molecule has 4 aromatic heterocycles. The molecule has 0 saturated carbocycles. The third kappa shape index (κ3) is 3.80. The van der Waals surface area contributed by atoms with E-state index in [0.717, 1.165) is 11.1 Å². The zero-order valence-corrected chi connectivity index (χ0v) is 25.8. The van der Waals surface area contributed by atoms with Gasteiger partial charge in [-0.2, -0.15) is 0 Å². The summed E-state index contributed by atoms with van der Waals surface area (Å²) in [6.45, 7) is 0. The first-order valence-electron chi connectivity index (χ1n) is 22.3. The Bertz CT molecular complexity index is 3770. The van der Waals surface area contributed by atoms with Gasteiger partial charge in [0.1, 0.15) is 0 Å². The number of nitrogens with zero attached hydrogens (tertiary/aromatic N) is 5. The molecule has 11 rings (SSSR count). The number of hydrogen-bond donors (Lipinski definition) is 0. The van der Waals surface area contributed by atoms with Gasteiger partial charge in [-0.3, -0.25) is 0 Å². The van der Waals surface area contributed by atoms with E-state index in [9.17, 15) is 11.0 Å². The topological polar surface area (TPSA) is 48.0 Å². The van der Waals surface area contributed by atoms with E-state index in [0.29, 0.717) is 22.9 Å². The summed E-state index contributed by atoms with van der Waals surface area (Å²) < 4.78 is 122. The standard InChI is InChI=1S/C45H27N5/c1-3-13-28(14-4-1)43-46-44(29-15-5-2-6-16-29)48-45(47-43)30-17-9-18-31(27-30)49-37-24-11-20-33-35-22-10-21-34-32-19-7-8-23-36(32)50(42(34)35)39-26-12-25-38(49)41(39)40(33)37/h1-27H/i7D,8D,10D,11D,12D,19D,20D,21D,22D,23D,24D,25D,26D. The maximum atomic E-state index is 9.49. The van der Waals surface area contributed by atoms with Crippen LogP contribution in [0.2, 0.25) is 0 Å². The number of hydrogen-bond acceptors (Lipinski definition) is 3. The molecular formula is C45H27N5. The van der Waals surface area contributed by atoms with Gasteiger partial charge in [-0.05, 0) is 41.7 Å². The highest BCUT2D eigenvalue weighted by molar-refractivity contribution is 6.31. The first-order chi connectivity index (χ1) is 30.2. The molecule has 0 aliphatic rings. The van der Waals surface area contributed by atoms with Gasteiger partial charge in [0.05, 0.1) is 45.4 Å². The molecular weight excluding hydrogens is 611 g/mol. The largest absolute Gasteiger partial charge is 0.309 e. The van der Waals surface area contributed by atoms with E-state index in [1.54, 1.807) is 24.3 Å². The predicted octanol–water partition coefficient (Wildman–Crippen LogP) is 11.1. The van der Waals surface area contributed by atoms with Gasteiger partial charge < -0.3 is 8.97 Å². The van der Waals surface area contributed by atoms with E-state index >= 15 is 0 Å². The molecule has 4 heterocycles. The van der Waals surface area contributed by atoms with Crippen LogP contribution in [-0.2, 0) is 0 Å². The van der Waals surface area contributed by atoms with Crippen LogP contribution < -0.4 is 0 Å². The molecule has 7 aromatic carbocycles. The number of fused-ring (bicyclic) bond motifs is 5. The summed E-state index contributed by atoms with van der Waals surface area (Å²) in [5.74, 6) is 1.09. The quantitative estimate of drug-likeness (QED) is 0.190. The van der Waals surface area contributed by atoms with Crippen LogP contribution in [0.3, 0.4) is 0 Å². The second kappa shape index (κ2) is 10.3. The lowest BCUT2D eigenvalue weighted by atomic mass is 10.0. The van der Waals surface area contributed by atoms with Gasteiger partial charge in [0.25, 0.3) is 0 Å². The minimum absolute atomic E-state index is 0.00510. The molecule has 0 unspecified atom stereocenters. The molecule has 232 valence electrons. The van der Waals surface area contributed by atoms with Gasteiger partial charge in [0.2, 0.25) is 0 Å². The number of rotatable bonds is 4. The first kappa shape index (κ1) is 17.5. The summed E-state index contributed by atoms with van der Waals surface area (Å²) in [6.07, 6.45) is 0. The molecule has 50 heavy (non-hydrogen) atoms. The summed E-state index contributed by atoms with van der Waals surface area (Å²) in [7, 11) is 0. The maximum absolute atomic E-state index is 9.49. The minimum atomic E-state index is -0.628. The van der Waals surface area contributed by atoms with Crippen molar-refractivity contribution in [1.29, 1.82) is 0 Å². The molecule has 0 fully saturated rings. The van der Waals surface area contributed by atoms with E-state index in [1.165, 1.54) is 8.97 Å². The van der Waals surface area contributed by atoms with Crippen LogP contribution in [0.1, 0.15) is 17.8 Å². The third-order valence-corrected chi connectivity index (χ3v) is 9.14. The van der Waals surface area contributed by atoms with Gasteiger partial charge in [-0.1, -0.05) is 127 Å². The van der Waals surface area contributed by atoms with Crippen molar-refractivity contribution >= 4 is 59.9 Å². The predicted molar refractivity (Wildman–Crippen MR) is 205 cm³/mol. The van der Waals surface area contributed by atoms with Crippen molar-refractivity contribution in [3.05, 3.63) is 163 Å². The summed E-state index contributed by atoms with van der Waals surface area (Å²) >= 11 is 0. The van der Waals surface area contributed by atoms with Gasteiger partial charge in [-0.15, -0.1) is 0 Å². The highest BCUT2D eigenvalue weighted by Gasteiger charge is 2.22. The highest BCUT2D eigenvalue weighted by Crippen LogP contribution is 2.44. The van der Waals surface area contributed by atoms with Crippen LogP contribution in [0.4, 0.5) is 0 Å². The molecule has 0 bridgehead atoms. The Labute approximate surface area is 305 Å². The molecule has 0 N–H and O–H groups in total. The lowest BCUT2D eigenvalue weighted by Crippen LogP contribution is -2.01. The van der Waals surface area contributed by atoms with Gasteiger partial charge in [-0.25, -0.2) is 15.0 Å². The molecule has 0 aliphatic heterocycles. The van der Waals surface area contributed by atoms with Crippen LogP contribution in [0.15, 0.2) is 163 Å². The normalized spacial score (nSPS) is 15.6. The maximum Gasteiger partial charge on any atom is 0.164 e. The fraction of sp³-hybridized carbons (Fsp3) is 0. The average molecular weight is 651 g/mol. The fourth-order valence-electron chi connectivity index (χ4n) is 7.02. The molecule has 0 radical (unpaired) electrons. The van der Waals surface area contributed by atoms with Crippen LogP contribution in [0.5, 0.6) is 0 Å². The second-order valence-corrected chi connectivity index (χ2v) is 11.9. The zero-order valence-electron chi connectivity index (χ0n) is 38.8. The van der Waals surface area contributed by atoms with E-state index in [-0.39, 0.29) is 65.7 Å². The Balaban J connectivity index is 1.36. The number of para-hydroxylation sites is 2. The zero-order chi connectivity index (χ0) is 44.1. The van der Waals surface area contributed by atoms with Crippen molar-refractivity contribution in [2.75, 3.05) is 0 Å². The van der Waals surface area contributed by atoms with Gasteiger partial charge >= 0.3 is 0 Å². The van der Waals surface area contributed by atoms with E-state index in [2.05, 4.69) is 0 Å². The average Bonchev–Trinajstić information content (AvgIpc) is 3.80. The van der Waals surface area contributed by atoms with Crippen LogP contribution in [0, 0.1) is 0 Å². The molecule has 0 amide bonds. The molecule has 0 saturated heterocycles. The third-order valence-electron chi connectivity index (χ3n) is 9.14. The molecule has 11 aromatic rings. The van der Waals surface area contributed by atoms with E-state index < -0.39 is 78.6 Å². The Morgan fingerprint density at radius 3 is 1.68 bits per heavy atom. The lowest BCUT2D eigenvalue weighted by molar-refractivity contribution is 1.07. The monoisotopic (exact) mass is 650 g/mol. The second-order valence-electron chi connectivity index (χ2n) is 11.9. The van der Waals surface area contributed by atoms with E-state index in [1.807, 2.05) is 60.7 Å². The molecule has 0 atom stereocenters. The van der Waals surface area contributed by atoms with Crippen LogP contribution >= 0.6 is 0 Å². The van der Waals surface area contributed by atoms with Crippen molar-refractivity contribution in [3.63, 3.8) is 0 Å². The molecule has 5 nitrogen and oxygen atoms in total. The van der Waals surface area contributed by atoms with Gasteiger partial charge in [0, 0.05) is 49.3 Å². The summed E-state index contributed by atoms with van der Waals surface area (Å²) in [5.41, 5.74) is 1.86. The Morgan fingerprint density at radius 1 is 0.420 bits per heavy atom. The van der Waals surface area contributed by atoms with Crippen molar-refractivity contribution in [3.8, 4) is 39.9 Å². The van der Waals surface area contributed by atoms with Crippen molar-refractivity contribution in [2.45, 2.75) is 0 Å². The SMILES string of the molecule is [2H]c1c([2H])c([2H])c2c(c1[2H])c1c([2H])c([2H])c([2H])c3c4c([2H])c([2H])c([2H])c5c4c4c(c([2H])c([2H])c([2H])c4n2c31)n5-c1cccc(-c2nc(-c3ccccc3)nc(-c3ccccc3)n2)c1. The van der Waals surface area contributed by atoms with E-state index in [4.69, 9.17) is 21.8 Å². The highest BCUT2D eigenvalue weighted by atomic mass is 15.0. The smallest absolute Gasteiger partial charge is 0.164 e. The van der Waals surface area contributed by atoms with Crippen molar-refractivity contribution in [1.82, 2.24) is 23.9 Å². The van der Waals surface area contributed by atoms with Crippen LogP contribution in [-0.4, -0.2) is 23.9 Å². The Morgan fingerprint density at radius 2 is 0.940 bits per heavy atom. The summed E-state index contributed by atoms with van der Waals surface area (Å²) in [6, 6.07) is 18.6. The minimum Gasteiger partial charge on any atom is -0.309 e. The summed E-state index contributed by atoms with van der Waals surface area (Å²) in [5, 5.41) is -0.438. The fourth-order valence-corrected chi connectivity index (χ4v) is 7.02.